The average Bonchev–Trinajstić information content (AvgIpc) is 2.48. The van der Waals surface area contributed by atoms with E-state index in [9.17, 15) is 0 Å². The van der Waals surface area contributed by atoms with Gasteiger partial charge in [-0.3, -0.25) is 4.90 Å². The predicted octanol–water partition coefficient (Wildman–Crippen LogP) is 1.63. The van der Waals surface area contributed by atoms with E-state index in [1.165, 1.54) is 32.2 Å². The molecule has 0 amide bonds. The molecule has 0 aromatic carbocycles. The van der Waals surface area contributed by atoms with E-state index in [1.807, 2.05) is 7.11 Å². The summed E-state index contributed by atoms with van der Waals surface area (Å²) in [5.41, 5.74) is 6.39. The Balaban J connectivity index is 1.96. The van der Waals surface area contributed by atoms with Crippen molar-refractivity contribution in [3.63, 3.8) is 0 Å². The maximum atomic E-state index is 6.16. The molecule has 1 saturated heterocycles. The minimum Gasteiger partial charge on any atom is -0.384 e. The first-order valence-corrected chi connectivity index (χ1v) is 7.71. The second-order valence-corrected chi connectivity index (χ2v) is 6.27. The van der Waals surface area contributed by atoms with Gasteiger partial charge in [-0.25, -0.2) is 0 Å². The van der Waals surface area contributed by atoms with Crippen LogP contribution in [0.15, 0.2) is 0 Å². The quantitative estimate of drug-likeness (QED) is 0.825. The van der Waals surface area contributed by atoms with Crippen LogP contribution in [0.4, 0.5) is 0 Å². The van der Waals surface area contributed by atoms with Gasteiger partial charge in [0, 0.05) is 32.8 Å². The first kappa shape index (κ1) is 15.2. The van der Waals surface area contributed by atoms with E-state index in [2.05, 4.69) is 4.90 Å². The van der Waals surface area contributed by atoms with Gasteiger partial charge in [0.1, 0.15) is 0 Å². The van der Waals surface area contributed by atoms with Gasteiger partial charge in [-0.05, 0) is 51.0 Å². The van der Waals surface area contributed by atoms with Gasteiger partial charge in [-0.1, -0.05) is 0 Å². The molecule has 1 atom stereocenters. The van der Waals surface area contributed by atoms with E-state index in [1.54, 1.807) is 7.11 Å². The van der Waals surface area contributed by atoms with Crippen LogP contribution in [0.25, 0.3) is 0 Å². The lowest BCUT2D eigenvalue weighted by atomic mass is 9.77. The van der Waals surface area contributed by atoms with Crippen molar-refractivity contribution >= 4 is 0 Å². The molecule has 1 unspecified atom stereocenters. The number of piperidine rings is 1. The summed E-state index contributed by atoms with van der Waals surface area (Å²) in [6.45, 7) is 4.03. The molecule has 0 bridgehead atoms. The van der Waals surface area contributed by atoms with Crippen LogP contribution < -0.4 is 5.73 Å². The molecule has 112 valence electrons. The fraction of sp³-hybridized carbons (Fsp3) is 1.00. The van der Waals surface area contributed by atoms with E-state index < -0.39 is 0 Å². The van der Waals surface area contributed by atoms with E-state index in [4.69, 9.17) is 15.2 Å². The zero-order valence-corrected chi connectivity index (χ0v) is 12.6. The third-order valence-corrected chi connectivity index (χ3v) is 5.17. The summed E-state index contributed by atoms with van der Waals surface area (Å²) in [6.07, 6.45) is 7.69. The van der Waals surface area contributed by atoms with Crippen LogP contribution in [0.1, 0.15) is 38.5 Å². The molecule has 4 nitrogen and oxygen atoms in total. The summed E-state index contributed by atoms with van der Waals surface area (Å²) >= 11 is 0. The SMILES string of the molecule is COCC1CCCN(C2(CN)CCC(OC)CC2)C1. The monoisotopic (exact) mass is 270 g/mol. The first-order valence-electron chi connectivity index (χ1n) is 7.71. The van der Waals surface area contributed by atoms with Crippen molar-refractivity contribution in [2.45, 2.75) is 50.2 Å². The van der Waals surface area contributed by atoms with Crippen molar-refractivity contribution in [3.05, 3.63) is 0 Å². The number of nitrogens with zero attached hydrogens (tertiary/aromatic N) is 1. The molecule has 2 rings (SSSR count). The number of methoxy groups -OCH3 is 2. The fourth-order valence-electron chi connectivity index (χ4n) is 3.88. The number of hydrogen-bond acceptors (Lipinski definition) is 4. The number of likely N-dealkylation sites (tertiary alicyclic amines) is 1. The molecular weight excluding hydrogens is 240 g/mol. The molecule has 1 aliphatic carbocycles. The van der Waals surface area contributed by atoms with Crippen LogP contribution in [0.2, 0.25) is 0 Å². The lowest BCUT2D eigenvalue weighted by molar-refractivity contribution is -0.0315. The molecule has 2 fully saturated rings. The number of hydrogen-bond donors (Lipinski definition) is 1. The Morgan fingerprint density at radius 1 is 1.21 bits per heavy atom. The van der Waals surface area contributed by atoms with Crippen LogP contribution in [-0.2, 0) is 9.47 Å². The first-order chi connectivity index (χ1) is 9.24. The molecule has 19 heavy (non-hydrogen) atoms. The molecule has 0 spiro atoms. The van der Waals surface area contributed by atoms with Gasteiger partial charge in [-0.2, -0.15) is 0 Å². The molecule has 0 aromatic heterocycles. The number of nitrogens with two attached hydrogens (primary N) is 1. The van der Waals surface area contributed by atoms with Crippen LogP contribution in [0.3, 0.4) is 0 Å². The third-order valence-electron chi connectivity index (χ3n) is 5.17. The van der Waals surface area contributed by atoms with Gasteiger partial charge in [-0.15, -0.1) is 0 Å². The molecule has 2 N–H and O–H groups in total. The van der Waals surface area contributed by atoms with Crippen LogP contribution in [0, 0.1) is 5.92 Å². The van der Waals surface area contributed by atoms with E-state index in [-0.39, 0.29) is 5.54 Å². The summed E-state index contributed by atoms with van der Waals surface area (Å²) in [7, 11) is 3.64. The molecule has 0 aromatic rings. The lowest BCUT2D eigenvalue weighted by Crippen LogP contribution is -2.59. The van der Waals surface area contributed by atoms with Crippen LogP contribution in [0.5, 0.6) is 0 Å². The second-order valence-electron chi connectivity index (χ2n) is 6.27. The summed E-state index contributed by atoms with van der Waals surface area (Å²) in [5, 5.41) is 0. The zero-order valence-electron chi connectivity index (χ0n) is 12.6. The van der Waals surface area contributed by atoms with Gasteiger partial charge in [0.05, 0.1) is 12.7 Å². The van der Waals surface area contributed by atoms with Gasteiger partial charge in [0.15, 0.2) is 0 Å². The Kier molecular flexibility index (Phi) is 5.63. The van der Waals surface area contributed by atoms with Crippen molar-refractivity contribution < 1.29 is 9.47 Å². The van der Waals surface area contributed by atoms with Crippen LogP contribution in [-0.4, -0.2) is 57.0 Å². The standard InChI is InChI=1S/C15H30N2O2/c1-18-11-13-4-3-9-17(10-13)15(12-16)7-5-14(19-2)6-8-15/h13-14H,3-12,16H2,1-2H3. The maximum Gasteiger partial charge on any atom is 0.0572 e. The Bertz CT molecular complexity index is 263. The molecule has 2 aliphatic rings. The second kappa shape index (κ2) is 7.02. The Hall–Kier alpha value is -0.160. The Morgan fingerprint density at radius 3 is 2.53 bits per heavy atom. The summed E-state index contributed by atoms with van der Waals surface area (Å²) in [4.78, 5) is 2.66. The predicted molar refractivity (Wildman–Crippen MR) is 77.2 cm³/mol. The largest absolute Gasteiger partial charge is 0.384 e. The summed E-state index contributed by atoms with van der Waals surface area (Å²) in [5.74, 6) is 0.683. The van der Waals surface area contributed by atoms with E-state index in [0.29, 0.717) is 12.0 Å². The molecular formula is C15H30N2O2. The van der Waals surface area contributed by atoms with Gasteiger partial charge < -0.3 is 15.2 Å². The van der Waals surface area contributed by atoms with E-state index >= 15 is 0 Å². The van der Waals surface area contributed by atoms with Gasteiger partial charge >= 0.3 is 0 Å². The highest BCUT2D eigenvalue weighted by Gasteiger charge is 2.41. The van der Waals surface area contributed by atoms with Crippen molar-refractivity contribution in [2.75, 3.05) is 40.5 Å². The Labute approximate surface area is 117 Å². The third kappa shape index (κ3) is 3.48. The summed E-state index contributed by atoms with van der Waals surface area (Å²) < 4.78 is 10.8. The van der Waals surface area contributed by atoms with Gasteiger partial charge in [0.25, 0.3) is 0 Å². The average molecular weight is 270 g/mol. The smallest absolute Gasteiger partial charge is 0.0572 e. The molecule has 4 heteroatoms. The van der Waals surface area contributed by atoms with Crippen molar-refractivity contribution in [1.29, 1.82) is 0 Å². The fourth-order valence-corrected chi connectivity index (χ4v) is 3.88. The molecule has 1 aliphatic heterocycles. The topological polar surface area (TPSA) is 47.7 Å². The highest BCUT2D eigenvalue weighted by Crippen LogP contribution is 2.36. The summed E-state index contributed by atoms with van der Waals surface area (Å²) in [6, 6.07) is 0. The highest BCUT2D eigenvalue weighted by molar-refractivity contribution is 4.98. The minimum absolute atomic E-state index is 0.224. The van der Waals surface area contributed by atoms with Crippen molar-refractivity contribution in [3.8, 4) is 0 Å². The van der Waals surface area contributed by atoms with Crippen molar-refractivity contribution in [1.82, 2.24) is 4.90 Å². The Morgan fingerprint density at radius 2 is 1.95 bits per heavy atom. The molecule has 0 radical (unpaired) electrons. The van der Waals surface area contributed by atoms with Gasteiger partial charge in [0.2, 0.25) is 0 Å². The molecule has 1 heterocycles. The van der Waals surface area contributed by atoms with E-state index in [0.717, 1.165) is 32.5 Å². The van der Waals surface area contributed by atoms with Crippen molar-refractivity contribution in [2.24, 2.45) is 11.7 Å². The minimum atomic E-state index is 0.224. The highest BCUT2D eigenvalue weighted by atomic mass is 16.5. The lowest BCUT2D eigenvalue weighted by Gasteiger charge is -2.50. The number of rotatable bonds is 5. The molecule has 1 saturated carbocycles. The maximum absolute atomic E-state index is 6.16. The van der Waals surface area contributed by atoms with Crippen LogP contribution >= 0.6 is 0 Å². The zero-order chi connectivity index (χ0) is 13.7. The number of ether oxygens (including phenoxy) is 2. The normalized spacial score (nSPS) is 37.4.